The Bertz CT molecular complexity index is 1120. The van der Waals surface area contributed by atoms with E-state index >= 15 is 0 Å². The molecule has 2 aromatic rings. The molecule has 34 heavy (non-hydrogen) atoms. The van der Waals surface area contributed by atoms with Gasteiger partial charge in [0.2, 0.25) is 0 Å². The van der Waals surface area contributed by atoms with E-state index in [2.05, 4.69) is 10.0 Å². The highest BCUT2D eigenvalue weighted by atomic mass is 16.5. The van der Waals surface area contributed by atoms with Crippen molar-refractivity contribution in [2.24, 2.45) is 11.0 Å². The molecule has 178 valence electrons. The number of ketones is 2. The predicted octanol–water partition coefficient (Wildman–Crippen LogP) is 5.25. The molecule has 0 aliphatic rings. The first-order valence-corrected chi connectivity index (χ1v) is 10.4. The van der Waals surface area contributed by atoms with Crippen LogP contribution in [0.1, 0.15) is 24.5 Å². The largest absolute Gasteiger partial charge is 0.493 e. The molecule has 0 N–H and O–H groups in total. The number of nitrogens with zero attached hydrogens (tertiary/aromatic N) is 3. The van der Waals surface area contributed by atoms with Gasteiger partial charge in [0.25, 0.3) is 0 Å². The van der Waals surface area contributed by atoms with Crippen molar-refractivity contribution in [3.05, 3.63) is 70.1 Å². The smallest absolute Gasteiger partial charge is 0.167 e. The molecule has 1 unspecified atom stereocenters. The van der Waals surface area contributed by atoms with E-state index in [0.717, 1.165) is 5.56 Å². The summed E-state index contributed by atoms with van der Waals surface area (Å²) in [6.07, 6.45) is 6.40. The molecule has 0 saturated heterocycles. The molecule has 0 aromatic heterocycles. The maximum atomic E-state index is 12.7. The highest BCUT2D eigenvalue weighted by Gasteiger charge is 2.20. The number of methoxy groups -OCH3 is 3. The molecule has 0 bridgehead atoms. The van der Waals surface area contributed by atoms with Crippen LogP contribution in [0.25, 0.3) is 22.6 Å². The maximum absolute atomic E-state index is 12.7. The Morgan fingerprint density at radius 1 is 0.882 bits per heavy atom. The predicted molar refractivity (Wildman–Crippen MR) is 129 cm³/mol. The molecule has 0 spiro atoms. The summed E-state index contributed by atoms with van der Waals surface area (Å²) in [4.78, 5) is 28.0. The Kier molecular flexibility index (Phi) is 10.2. The molecule has 9 heteroatoms. The quantitative estimate of drug-likeness (QED) is 0.131. The third-order valence-corrected chi connectivity index (χ3v) is 4.91. The summed E-state index contributed by atoms with van der Waals surface area (Å²) in [5.74, 6) is 0.584. The number of carbonyl (C=O) groups excluding carboxylic acids is 2. The van der Waals surface area contributed by atoms with Crippen molar-refractivity contribution < 1.29 is 28.5 Å². The van der Waals surface area contributed by atoms with Gasteiger partial charge in [-0.25, -0.2) is 0 Å². The first kappa shape index (κ1) is 26.0. The Hall–Kier alpha value is -4.23. The lowest BCUT2D eigenvalue weighted by atomic mass is 9.94. The van der Waals surface area contributed by atoms with Crippen molar-refractivity contribution in [1.29, 1.82) is 0 Å². The normalized spacial score (nSPS) is 11.6. The van der Waals surface area contributed by atoms with Crippen LogP contribution in [0.15, 0.2) is 53.7 Å². The van der Waals surface area contributed by atoms with Crippen molar-refractivity contribution in [2.75, 3.05) is 28.1 Å². The van der Waals surface area contributed by atoms with Crippen LogP contribution < -0.4 is 18.9 Å². The highest BCUT2D eigenvalue weighted by Crippen LogP contribution is 2.29. The van der Waals surface area contributed by atoms with Gasteiger partial charge in [-0.2, -0.15) is 0 Å². The molecular formula is C25H27N3O6. The van der Waals surface area contributed by atoms with E-state index in [0.29, 0.717) is 35.0 Å². The average molecular weight is 466 g/mol. The van der Waals surface area contributed by atoms with Crippen LogP contribution in [-0.2, 0) is 9.59 Å². The van der Waals surface area contributed by atoms with Gasteiger partial charge >= 0.3 is 0 Å². The SMILES string of the molecule is CCC(C(=O)/C=C/c1ccc(OC)c(OC)c1)C(=O)/C=C/c1ccc(OCN=[N+]=[N-])c(OC)c1. The van der Waals surface area contributed by atoms with Crippen LogP contribution >= 0.6 is 0 Å². The first-order chi connectivity index (χ1) is 16.5. The Morgan fingerprint density at radius 3 is 1.85 bits per heavy atom. The third-order valence-electron chi connectivity index (χ3n) is 4.91. The summed E-state index contributed by atoms with van der Waals surface area (Å²) in [6.45, 7) is 1.62. The minimum Gasteiger partial charge on any atom is -0.493 e. The van der Waals surface area contributed by atoms with E-state index in [1.54, 1.807) is 62.6 Å². The summed E-state index contributed by atoms with van der Waals surface area (Å²) in [5.41, 5.74) is 9.78. The molecule has 0 aliphatic carbocycles. The van der Waals surface area contributed by atoms with Crippen LogP contribution in [0.2, 0.25) is 0 Å². The zero-order chi connectivity index (χ0) is 24.9. The number of ether oxygens (including phenoxy) is 4. The van der Waals surface area contributed by atoms with Crippen LogP contribution in [0.5, 0.6) is 23.0 Å². The lowest BCUT2D eigenvalue weighted by Crippen LogP contribution is -2.20. The van der Waals surface area contributed by atoms with Gasteiger partial charge in [-0.05, 0) is 59.5 Å². The molecule has 2 aromatic carbocycles. The second-order valence-electron chi connectivity index (χ2n) is 6.96. The molecule has 9 nitrogen and oxygen atoms in total. The third kappa shape index (κ3) is 7.15. The van der Waals surface area contributed by atoms with Crippen LogP contribution in [0, 0.1) is 5.92 Å². The van der Waals surface area contributed by atoms with Crippen molar-refractivity contribution in [3.8, 4) is 23.0 Å². The zero-order valence-corrected chi connectivity index (χ0v) is 19.6. The molecule has 0 saturated carbocycles. The number of hydrogen-bond acceptors (Lipinski definition) is 7. The number of benzene rings is 2. The molecule has 0 fully saturated rings. The van der Waals surface area contributed by atoms with Crippen LogP contribution in [0.4, 0.5) is 0 Å². The van der Waals surface area contributed by atoms with Gasteiger partial charge in [0.1, 0.15) is 0 Å². The van der Waals surface area contributed by atoms with Gasteiger partial charge in [-0.3, -0.25) is 9.59 Å². The van der Waals surface area contributed by atoms with Crippen molar-refractivity contribution in [2.45, 2.75) is 13.3 Å². The standard InChI is InChI=1S/C25H27N3O6/c1-5-19(20(29)10-6-17-8-12-22(31-2)24(14-17)32-3)21(30)11-7-18-9-13-23(25(15-18)33-4)34-16-27-28-26/h6-15,19H,5,16H2,1-4H3/b10-6+,11-7+. The fraction of sp³-hybridized carbons (Fsp3) is 0.280. The molecule has 0 radical (unpaired) electrons. The molecule has 2 rings (SSSR count). The van der Waals surface area contributed by atoms with Crippen molar-refractivity contribution in [3.63, 3.8) is 0 Å². The number of azide groups is 1. The first-order valence-electron chi connectivity index (χ1n) is 10.4. The monoisotopic (exact) mass is 465 g/mol. The Morgan fingerprint density at radius 2 is 1.38 bits per heavy atom. The lowest BCUT2D eigenvalue weighted by Gasteiger charge is -2.10. The molecule has 0 heterocycles. The van der Waals surface area contributed by atoms with Crippen molar-refractivity contribution in [1.82, 2.24) is 0 Å². The molecule has 0 amide bonds. The molecule has 0 aliphatic heterocycles. The topological polar surface area (TPSA) is 120 Å². The van der Waals surface area contributed by atoms with Gasteiger partial charge in [0.15, 0.2) is 41.3 Å². The number of allylic oxidation sites excluding steroid dienone is 2. The number of carbonyl (C=O) groups is 2. The zero-order valence-electron chi connectivity index (χ0n) is 19.6. The average Bonchev–Trinajstić information content (AvgIpc) is 2.86. The van der Waals surface area contributed by atoms with E-state index in [4.69, 9.17) is 24.5 Å². The van der Waals surface area contributed by atoms with Gasteiger partial charge < -0.3 is 18.9 Å². The van der Waals surface area contributed by atoms with E-state index in [-0.39, 0.29) is 18.3 Å². The molecule has 1 atom stereocenters. The number of hydrogen-bond donors (Lipinski definition) is 0. The summed E-state index contributed by atoms with van der Waals surface area (Å²) >= 11 is 0. The highest BCUT2D eigenvalue weighted by molar-refractivity contribution is 6.13. The minimum absolute atomic E-state index is 0.169. The Labute approximate surface area is 198 Å². The second kappa shape index (κ2) is 13.3. The second-order valence-corrected chi connectivity index (χ2v) is 6.96. The van der Waals surface area contributed by atoms with Crippen molar-refractivity contribution >= 4 is 23.7 Å². The van der Waals surface area contributed by atoms with Gasteiger partial charge in [0.05, 0.1) is 27.2 Å². The summed E-state index contributed by atoms with van der Waals surface area (Å²) in [7, 11) is 4.56. The fourth-order valence-electron chi connectivity index (χ4n) is 3.12. The van der Waals surface area contributed by atoms with Gasteiger partial charge in [0, 0.05) is 4.91 Å². The van der Waals surface area contributed by atoms with Gasteiger partial charge in [-0.1, -0.05) is 36.3 Å². The summed E-state index contributed by atoms with van der Waals surface area (Å²) in [5, 5.41) is 3.32. The molecular weight excluding hydrogens is 438 g/mol. The maximum Gasteiger partial charge on any atom is 0.167 e. The lowest BCUT2D eigenvalue weighted by molar-refractivity contribution is -0.127. The fourth-order valence-corrected chi connectivity index (χ4v) is 3.12. The summed E-state index contributed by atoms with van der Waals surface area (Å²) < 4.78 is 21.1. The van der Waals surface area contributed by atoms with Crippen LogP contribution in [-0.4, -0.2) is 39.6 Å². The van der Waals surface area contributed by atoms with E-state index in [1.807, 2.05) is 0 Å². The van der Waals surface area contributed by atoms with E-state index in [1.165, 1.54) is 26.4 Å². The van der Waals surface area contributed by atoms with E-state index in [9.17, 15) is 9.59 Å². The Balaban J connectivity index is 2.10. The minimum atomic E-state index is -0.791. The van der Waals surface area contributed by atoms with Gasteiger partial charge in [-0.15, -0.1) is 0 Å². The summed E-state index contributed by atoms with van der Waals surface area (Å²) in [6, 6.07) is 10.3. The van der Waals surface area contributed by atoms with Crippen LogP contribution in [0.3, 0.4) is 0 Å². The number of rotatable bonds is 13. The van der Waals surface area contributed by atoms with E-state index < -0.39 is 5.92 Å².